The third kappa shape index (κ3) is 6.09. The van der Waals surface area contributed by atoms with Gasteiger partial charge in [-0.05, 0) is 32.0 Å². The van der Waals surface area contributed by atoms with E-state index in [1.54, 1.807) is 31.2 Å². The summed E-state index contributed by atoms with van der Waals surface area (Å²) in [5.74, 6) is -0.217. The van der Waals surface area contributed by atoms with Gasteiger partial charge in [-0.3, -0.25) is 14.9 Å². The van der Waals surface area contributed by atoms with E-state index < -0.39 is 22.3 Å². The van der Waals surface area contributed by atoms with Gasteiger partial charge >= 0.3 is 5.69 Å². The SMILES string of the molecule is CCOc1ccccc1OCC(=O)N/N=C/c1cc(OCC)c(O)c([N+](=O)[O-])c1. The molecule has 154 valence electrons. The molecule has 10 heteroatoms. The van der Waals surface area contributed by atoms with Crippen LogP contribution in [0.5, 0.6) is 23.0 Å². The molecule has 0 saturated carbocycles. The highest BCUT2D eigenvalue weighted by atomic mass is 16.6. The second-order valence-corrected chi connectivity index (χ2v) is 5.54. The first kappa shape index (κ1) is 21.5. The van der Waals surface area contributed by atoms with Crippen molar-refractivity contribution in [3.8, 4) is 23.0 Å². The second-order valence-electron chi connectivity index (χ2n) is 5.54. The molecule has 2 aromatic rings. The van der Waals surface area contributed by atoms with Crippen LogP contribution in [0.3, 0.4) is 0 Å². The number of rotatable bonds is 10. The summed E-state index contributed by atoms with van der Waals surface area (Å²) in [5.41, 5.74) is 2.00. The molecule has 2 aromatic carbocycles. The van der Waals surface area contributed by atoms with Crippen molar-refractivity contribution >= 4 is 17.8 Å². The Morgan fingerprint density at radius 1 is 1.14 bits per heavy atom. The molecule has 0 heterocycles. The maximum absolute atomic E-state index is 11.9. The van der Waals surface area contributed by atoms with E-state index >= 15 is 0 Å². The van der Waals surface area contributed by atoms with E-state index in [0.717, 1.165) is 6.07 Å². The van der Waals surface area contributed by atoms with Crippen LogP contribution in [0.15, 0.2) is 41.5 Å². The summed E-state index contributed by atoms with van der Waals surface area (Å²) in [6.07, 6.45) is 1.20. The summed E-state index contributed by atoms with van der Waals surface area (Å²) in [6, 6.07) is 9.42. The summed E-state index contributed by atoms with van der Waals surface area (Å²) in [7, 11) is 0. The average molecular weight is 403 g/mol. The zero-order chi connectivity index (χ0) is 21.2. The number of hydrogen-bond acceptors (Lipinski definition) is 8. The summed E-state index contributed by atoms with van der Waals surface area (Å²) in [5, 5.41) is 24.7. The summed E-state index contributed by atoms with van der Waals surface area (Å²) < 4.78 is 16.0. The fourth-order valence-electron chi connectivity index (χ4n) is 2.29. The number of amides is 1. The Morgan fingerprint density at radius 2 is 1.76 bits per heavy atom. The lowest BCUT2D eigenvalue weighted by Crippen LogP contribution is -2.24. The summed E-state index contributed by atoms with van der Waals surface area (Å²) in [4.78, 5) is 22.2. The fraction of sp³-hybridized carbons (Fsp3) is 0.263. The van der Waals surface area contributed by atoms with Gasteiger partial charge in [0.05, 0.1) is 24.4 Å². The average Bonchev–Trinajstić information content (AvgIpc) is 2.69. The maximum atomic E-state index is 11.9. The molecule has 0 aliphatic carbocycles. The van der Waals surface area contributed by atoms with Gasteiger partial charge < -0.3 is 19.3 Å². The molecular formula is C19H21N3O7. The molecule has 0 bridgehead atoms. The molecule has 0 aromatic heterocycles. The molecule has 2 rings (SSSR count). The van der Waals surface area contributed by atoms with E-state index in [0.29, 0.717) is 18.1 Å². The van der Waals surface area contributed by atoms with Crippen LogP contribution in [0.1, 0.15) is 19.4 Å². The Balaban J connectivity index is 2.00. The standard InChI is InChI=1S/C19H21N3O7/c1-3-27-15-7-5-6-8-16(15)29-12-18(23)21-20-11-13-9-14(22(25)26)19(24)17(10-13)28-4-2/h5-11,24H,3-4,12H2,1-2H3,(H,21,23)/b20-11+. The van der Waals surface area contributed by atoms with Gasteiger partial charge in [0.2, 0.25) is 5.75 Å². The highest BCUT2D eigenvalue weighted by molar-refractivity contribution is 5.85. The zero-order valence-corrected chi connectivity index (χ0v) is 16.0. The van der Waals surface area contributed by atoms with Gasteiger partial charge in [0.1, 0.15) is 0 Å². The van der Waals surface area contributed by atoms with Gasteiger partial charge in [0.25, 0.3) is 5.91 Å². The number of phenolic OH excluding ortho intramolecular Hbond substituents is 1. The van der Waals surface area contributed by atoms with Crippen molar-refractivity contribution in [2.24, 2.45) is 5.10 Å². The minimum Gasteiger partial charge on any atom is -0.500 e. The van der Waals surface area contributed by atoms with Crippen molar-refractivity contribution < 1.29 is 29.0 Å². The number of ether oxygens (including phenoxy) is 3. The van der Waals surface area contributed by atoms with Crippen LogP contribution in [0.4, 0.5) is 5.69 Å². The van der Waals surface area contributed by atoms with Gasteiger partial charge in [-0.25, -0.2) is 5.43 Å². The maximum Gasteiger partial charge on any atom is 0.315 e. The third-order valence-corrected chi connectivity index (χ3v) is 3.48. The monoisotopic (exact) mass is 403 g/mol. The summed E-state index contributed by atoms with van der Waals surface area (Å²) in [6.45, 7) is 3.88. The van der Waals surface area contributed by atoms with Gasteiger partial charge in [0.15, 0.2) is 23.9 Å². The number of aromatic hydroxyl groups is 1. The Hall–Kier alpha value is -3.82. The predicted molar refractivity (Wildman–Crippen MR) is 105 cm³/mol. The van der Waals surface area contributed by atoms with Crippen LogP contribution < -0.4 is 19.6 Å². The number of nitro groups is 1. The molecule has 0 aliphatic rings. The number of nitrogens with zero attached hydrogens (tertiary/aromatic N) is 2. The first-order valence-corrected chi connectivity index (χ1v) is 8.77. The molecular weight excluding hydrogens is 382 g/mol. The molecule has 10 nitrogen and oxygen atoms in total. The number of nitrogens with one attached hydrogen (secondary N) is 1. The first-order chi connectivity index (χ1) is 14.0. The Kier molecular flexibility index (Phi) is 7.78. The molecule has 0 unspecified atom stereocenters. The van der Waals surface area contributed by atoms with E-state index in [2.05, 4.69) is 10.5 Å². The van der Waals surface area contributed by atoms with E-state index in [1.807, 2.05) is 6.92 Å². The number of nitro benzene ring substituents is 1. The van der Waals surface area contributed by atoms with Crippen LogP contribution in [-0.4, -0.2) is 42.0 Å². The molecule has 2 N–H and O–H groups in total. The van der Waals surface area contributed by atoms with E-state index in [1.165, 1.54) is 12.3 Å². The predicted octanol–water partition coefficient (Wildman–Crippen LogP) is 2.63. The van der Waals surface area contributed by atoms with E-state index in [9.17, 15) is 20.0 Å². The highest BCUT2D eigenvalue weighted by Gasteiger charge is 2.19. The number of para-hydroxylation sites is 2. The highest BCUT2D eigenvalue weighted by Crippen LogP contribution is 2.36. The Morgan fingerprint density at radius 3 is 2.38 bits per heavy atom. The normalized spacial score (nSPS) is 10.6. The van der Waals surface area contributed by atoms with Gasteiger partial charge in [0, 0.05) is 11.6 Å². The Bertz CT molecular complexity index is 899. The molecule has 0 aliphatic heterocycles. The van der Waals surface area contributed by atoms with Crippen molar-refractivity contribution in [1.29, 1.82) is 0 Å². The molecule has 0 spiro atoms. The second kappa shape index (κ2) is 10.5. The fourth-order valence-corrected chi connectivity index (χ4v) is 2.29. The molecule has 0 saturated heterocycles. The number of carbonyl (C=O) groups is 1. The number of hydrazone groups is 1. The number of hydrogen-bond donors (Lipinski definition) is 2. The first-order valence-electron chi connectivity index (χ1n) is 8.77. The molecule has 0 radical (unpaired) electrons. The number of phenols is 1. The molecule has 0 fully saturated rings. The lowest BCUT2D eigenvalue weighted by Gasteiger charge is -2.10. The van der Waals surface area contributed by atoms with Crippen LogP contribution in [-0.2, 0) is 4.79 Å². The largest absolute Gasteiger partial charge is 0.500 e. The third-order valence-electron chi connectivity index (χ3n) is 3.48. The van der Waals surface area contributed by atoms with Crippen molar-refractivity contribution in [3.63, 3.8) is 0 Å². The van der Waals surface area contributed by atoms with Crippen LogP contribution >= 0.6 is 0 Å². The lowest BCUT2D eigenvalue weighted by molar-refractivity contribution is -0.386. The zero-order valence-electron chi connectivity index (χ0n) is 16.0. The van der Waals surface area contributed by atoms with Crippen LogP contribution in [0.25, 0.3) is 0 Å². The number of carbonyl (C=O) groups excluding carboxylic acids is 1. The van der Waals surface area contributed by atoms with Gasteiger partial charge in [-0.15, -0.1) is 0 Å². The van der Waals surface area contributed by atoms with Crippen LogP contribution in [0.2, 0.25) is 0 Å². The van der Waals surface area contributed by atoms with Crippen molar-refractivity contribution in [3.05, 3.63) is 52.1 Å². The van der Waals surface area contributed by atoms with E-state index in [4.69, 9.17) is 14.2 Å². The number of benzene rings is 2. The molecule has 29 heavy (non-hydrogen) atoms. The minimum atomic E-state index is -0.739. The minimum absolute atomic E-state index is 0.0506. The van der Waals surface area contributed by atoms with Crippen molar-refractivity contribution in [1.82, 2.24) is 5.43 Å². The smallest absolute Gasteiger partial charge is 0.315 e. The Labute approximate surface area is 166 Å². The summed E-state index contributed by atoms with van der Waals surface area (Å²) >= 11 is 0. The lowest BCUT2D eigenvalue weighted by atomic mass is 10.2. The van der Waals surface area contributed by atoms with Gasteiger partial charge in [-0.2, -0.15) is 5.10 Å². The van der Waals surface area contributed by atoms with Crippen molar-refractivity contribution in [2.45, 2.75) is 13.8 Å². The van der Waals surface area contributed by atoms with Gasteiger partial charge in [-0.1, -0.05) is 12.1 Å². The topological polar surface area (TPSA) is 133 Å². The molecule has 0 atom stereocenters. The van der Waals surface area contributed by atoms with E-state index in [-0.39, 0.29) is 24.5 Å². The van der Waals surface area contributed by atoms with Crippen molar-refractivity contribution in [2.75, 3.05) is 19.8 Å². The molecule has 1 amide bonds. The quantitative estimate of drug-likeness (QED) is 0.354. The van der Waals surface area contributed by atoms with Crippen LogP contribution in [0, 0.1) is 10.1 Å².